The van der Waals surface area contributed by atoms with Gasteiger partial charge in [0.15, 0.2) is 11.5 Å². The number of rotatable bonds is 7. The molecule has 0 aliphatic carbocycles. The lowest BCUT2D eigenvalue weighted by Gasteiger charge is -2.17. The molecule has 0 radical (unpaired) electrons. The van der Waals surface area contributed by atoms with Gasteiger partial charge in [0.2, 0.25) is 5.43 Å². The van der Waals surface area contributed by atoms with E-state index in [0.29, 0.717) is 29.0 Å². The molecular weight excluding hydrogens is 378 g/mol. The van der Waals surface area contributed by atoms with E-state index in [-0.39, 0.29) is 16.6 Å². The summed E-state index contributed by atoms with van der Waals surface area (Å²) >= 11 is 0. The van der Waals surface area contributed by atoms with E-state index in [2.05, 4.69) is 26.8 Å². The van der Waals surface area contributed by atoms with Crippen molar-refractivity contribution in [2.24, 2.45) is 7.05 Å². The first-order valence-electron chi connectivity index (χ1n) is 10.1. The summed E-state index contributed by atoms with van der Waals surface area (Å²) in [4.78, 5) is 13.0. The smallest absolute Gasteiger partial charge is 0.201 e. The Kier molecular flexibility index (Phi) is 6.50. The van der Waals surface area contributed by atoms with Gasteiger partial charge < -0.3 is 19.1 Å². The van der Waals surface area contributed by atoms with Crippen molar-refractivity contribution in [3.05, 3.63) is 63.9 Å². The first kappa shape index (κ1) is 21.5. The van der Waals surface area contributed by atoms with Gasteiger partial charge in [-0.25, -0.2) is 0 Å². The molecule has 1 N–H and O–H groups in total. The number of hydrogen-bond acceptors (Lipinski definition) is 4. The number of para-hydroxylation sites is 1. The third kappa shape index (κ3) is 4.20. The standard InChI is InChI=1S/C25H29NO4/c1-16(2)9-8-10-17(3)13-14-30-21-15-20(27)22-23(25(21)29-5)26(4)19-12-7-6-11-18(19)24(22)28/h6-7,9,11-13,15,27H,8,10,14H2,1-5H3/b17-13+. The van der Waals surface area contributed by atoms with Gasteiger partial charge in [0, 0.05) is 18.5 Å². The van der Waals surface area contributed by atoms with Gasteiger partial charge in [-0.3, -0.25) is 4.79 Å². The Hall–Kier alpha value is -3.21. The number of hydrogen-bond donors (Lipinski definition) is 1. The maximum absolute atomic E-state index is 13.0. The molecule has 0 aliphatic rings. The fourth-order valence-electron chi connectivity index (χ4n) is 3.64. The highest BCUT2D eigenvalue weighted by atomic mass is 16.5. The highest BCUT2D eigenvalue weighted by Gasteiger charge is 2.20. The lowest BCUT2D eigenvalue weighted by atomic mass is 10.1. The Labute approximate surface area is 176 Å². The summed E-state index contributed by atoms with van der Waals surface area (Å²) < 4.78 is 13.4. The van der Waals surface area contributed by atoms with E-state index in [1.165, 1.54) is 17.2 Å². The number of ether oxygens (including phenoxy) is 2. The minimum Gasteiger partial charge on any atom is -0.507 e. The Bertz CT molecular complexity index is 1200. The molecule has 2 aromatic carbocycles. The van der Waals surface area contributed by atoms with Crippen molar-refractivity contribution >= 4 is 21.8 Å². The van der Waals surface area contributed by atoms with Gasteiger partial charge in [0.25, 0.3) is 0 Å². The summed E-state index contributed by atoms with van der Waals surface area (Å²) in [5.41, 5.74) is 3.60. The van der Waals surface area contributed by atoms with Crippen LogP contribution in [0.5, 0.6) is 17.2 Å². The maximum Gasteiger partial charge on any atom is 0.201 e. The Morgan fingerprint density at radius 1 is 1.17 bits per heavy atom. The third-order valence-electron chi connectivity index (χ3n) is 5.24. The van der Waals surface area contributed by atoms with Gasteiger partial charge >= 0.3 is 0 Å². The number of phenols is 1. The van der Waals surface area contributed by atoms with Crippen LogP contribution < -0.4 is 14.9 Å². The van der Waals surface area contributed by atoms with E-state index < -0.39 is 0 Å². The van der Waals surface area contributed by atoms with Crippen LogP contribution in [0.2, 0.25) is 0 Å². The average Bonchev–Trinajstić information content (AvgIpc) is 2.71. The molecule has 158 valence electrons. The zero-order valence-electron chi connectivity index (χ0n) is 18.3. The predicted molar refractivity (Wildman–Crippen MR) is 123 cm³/mol. The summed E-state index contributed by atoms with van der Waals surface area (Å²) in [7, 11) is 3.39. The van der Waals surface area contributed by atoms with E-state index in [0.717, 1.165) is 18.4 Å². The lowest BCUT2D eigenvalue weighted by Crippen LogP contribution is -2.11. The molecule has 0 aliphatic heterocycles. The van der Waals surface area contributed by atoms with Crippen LogP contribution in [0.3, 0.4) is 0 Å². The zero-order chi connectivity index (χ0) is 21.8. The van der Waals surface area contributed by atoms with Crippen LogP contribution in [0.1, 0.15) is 33.6 Å². The van der Waals surface area contributed by atoms with E-state index in [4.69, 9.17) is 9.47 Å². The Balaban J connectivity index is 2.01. The number of fused-ring (bicyclic) bond motifs is 2. The molecule has 0 saturated carbocycles. The van der Waals surface area contributed by atoms with Crippen LogP contribution in [0.4, 0.5) is 0 Å². The predicted octanol–water partition coefficient (Wildman–Crippen LogP) is 5.48. The second kappa shape index (κ2) is 9.08. The molecule has 1 aromatic heterocycles. The van der Waals surface area contributed by atoms with Crippen LogP contribution in [0.25, 0.3) is 21.8 Å². The van der Waals surface area contributed by atoms with Crippen molar-refractivity contribution in [3.8, 4) is 17.2 Å². The molecule has 0 fully saturated rings. The van der Waals surface area contributed by atoms with Crippen LogP contribution in [0.15, 0.2) is 58.4 Å². The Morgan fingerprint density at radius 2 is 1.90 bits per heavy atom. The summed E-state index contributed by atoms with van der Waals surface area (Å²) in [6, 6.07) is 8.79. The molecule has 0 atom stereocenters. The summed E-state index contributed by atoms with van der Waals surface area (Å²) in [5.74, 6) is 0.723. The van der Waals surface area contributed by atoms with Crippen molar-refractivity contribution in [2.75, 3.05) is 13.7 Å². The van der Waals surface area contributed by atoms with Crippen LogP contribution in [-0.2, 0) is 7.05 Å². The minimum absolute atomic E-state index is 0.114. The molecule has 0 spiro atoms. The largest absolute Gasteiger partial charge is 0.507 e. The number of benzene rings is 2. The normalized spacial score (nSPS) is 11.7. The van der Waals surface area contributed by atoms with E-state index in [1.807, 2.05) is 35.9 Å². The quantitative estimate of drug-likeness (QED) is 0.416. The summed E-state index contributed by atoms with van der Waals surface area (Å²) in [5, 5.41) is 11.4. The molecule has 0 saturated heterocycles. The number of methoxy groups -OCH3 is 1. The van der Waals surface area contributed by atoms with Crippen LogP contribution in [-0.4, -0.2) is 23.4 Å². The second-order valence-corrected chi connectivity index (χ2v) is 7.74. The van der Waals surface area contributed by atoms with Gasteiger partial charge in [0.1, 0.15) is 17.9 Å². The van der Waals surface area contributed by atoms with Gasteiger partial charge in [-0.15, -0.1) is 0 Å². The first-order chi connectivity index (χ1) is 14.3. The number of aromatic hydroxyl groups is 1. The molecule has 3 rings (SSSR count). The molecule has 5 nitrogen and oxygen atoms in total. The average molecular weight is 408 g/mol. The van der Waals surface area contributed by atoms with E-state index in [1.54, 1.807) is 13.2 Å². The molecule has 5 heteroatoms. The number of phenolic OH excluding ortho intramolecular Hbond substituents is 1. The number of aryl methyl sites for hydroxylation is 1. The maximum atomic E-state index is 13.0. The third-order valence-corrected chi connectivity index (χ3v) is 5.24. The van der Waals surface area contributed by atoms with Crippen molar-refractivity contribution < 1.29 is 14.6 Å². The van der Waals surface area contributed by atoms with Crippen molar-refractivity contribution in [1.29, 1.82) is 0 Å². The molecule has 0 bridgehead atoms. The SMILES string of the molecule is COc1c(OC/C=C(\C)CCC=C(C)C)cc(O)c2c(=O)c3ccccc3n(C)c12. The fourth-order valence-corrected chi connectivity index (χ4v) is 3.64. The second-order valence-electron chi connectivity index (χ2n) is 7.74. The molecule has 30 heavy (non-hydrogen) atoms. The first-order valence-corrected chi connectivity index (χ1v) is 10.1. The van der Waals surface area contributed by atoms with E-state index >= 15 is 0 Å². The highest BCUT2D eigenvalue weighted by Crippen LogP contribution is 2.40. The van der Waals surface area contributed by atoms with Crippen molar-refractivity contribution in [3.63, 3.8) is 0 Å². The topological polar surface area (TPSA) is 60.7 Å². The minimum atomic E-state index is -0.226. The number of pyridine rings is 1. The van der Waals surface area contributed by atoms with Gasteiger partial charge in [-0.2, -0.15) is 0 Å². The molecule has 1 heterocycles. The van der Waals surface area contributed by atoms with Gasteiger partial charge in [-0.05, 0) is 51.8 Å². The highest BCUT2D eigenvalue weighted by molar-refractivity contribution is 6.00. The molecule has 0 amide bonds. The van der Waals surface area contributed by atoms with Gasteiger partial charge in [-0.1, -0.05) is 29.4 Å². The summed E-state index contributed by atoms with van der Waals surface area (Å²) in [6.07, 6.45) is 6.21. The van der Waals surface area contributed by atoms with Crippen molar-refractivity contribution in [1.82, 2.24) is 4.57 Å². The fraction of sp³-hybridized carbons (Fsp3) is 0.320. The van der Waals surface area contributed by atoms with Gasteiger partial charge in [0.05, 0.1) is 18.0 Å². The molecule has 0 unspecified atom stereocenters. The lowest BCUT2D eigenvalue weighted by molar-refractivity contribution is 0.325. The molecule has 3 aromatic rings. The monoisotopic (exact) mass is 407 g/mol. The number of nitrogens with zero attached hydrogens (tertiary/aromatic N) is 1. The zero-order valence-corrected chi connectivity index (χ0v) is 18.3. The van der Waals surface area contributed by atoms with Crippen LogP contribution in [0, 0.1) is 0 Å². The van der Waals surface area contributed by atoms with Crippen LogP contribution >= 0.6 is 0 Å². The number of aromatic nitrogens is 1. The van der Waals surface area contributed by atoms with E-state index in [9.17, 15) is 9.90 Å². The van der Waals surface area contributed by atoms with Crippen molar-refractivity contribution in [2.45, 2.75) is 33.6 Å². The number of allylic oxidation sites excluding steroid dienone is 3. The Morgan fingerprint density at radius 3 is 2.60 bits per heavy atom. The molecular formula is C25H29NO4. The summed E-state index contributed by atoms with van der Waals surface area (Å²) in [6.45, 7) is 6.62.